The zero-order valence-corrected chi connectivity index (χ0v) is 12.3. The van der Waals surface area contributed by atoms with Crippen molar-refractivity contribution in [1.82, 2.24) is 15.1 Å². The Morgan fingerprint density at radius 2 is 1.95 bits per heavy atom. The van der Waals surface area contributed by atoms with Crippen LogP contribution in [0, 0.1) is 20.8 Å². The molecule has 0 spiro atoms. The number of aryl methyl sites for hydroxylation is 1. The molecule has 0 amide bonds. The monoisotopic (exact) mass is 261 g/mol. The minimum Gasteiger partial charge on any atom is -0.463 e. The van der Waals surface area contributed by atoms with E-state index in [0.29, 0.717) is 6.54 Å². The first-order chi connectivity index (χ1) is 9.11. The Kier molecular flexibility index (Phi) is 4.43. The van der Waals surface area contributed by atoms with Gasteiger partial charge in [-0.1, -0.05) is 6.92 Å². The van der Waals surface area contributed by atoms with Crippen molar-refractivity contribution in [2.24, 2.45) is 0 Å². The van der Waals surface area contributed by atoms with Crippen molar-refractivity contribution in [3.8, 4) is 0 Å². The van der Waals surface area contributed by atoms with E-state index >= 15 is 0 Å². The summed E-state index contributed by atoms with van der Waals surface area (Å²) in [6.45, 7) is 10.9. The number of nitrogens with one attached hydrogen (secondary N) is 1. The van der Waals surface area contributed by atoms with Gasteiger partial charge in [0, 0.05) is 5.69 Å². The van der Waals surface area contributed by atoms with Gasteiger partial charge in [0.15, 0.2) is 0 Å². The lowest BCUT2D eigenvalue weighted by molar-refractivity contribution is 0.428. The zero-order chi connectivity index (χ0) is 13.8. The second kappa shape index (κ2) is 6.06. The van der Waals surface area contributed by atoms with Gasteiger partial charge in [0.1, 0.15) is 11.5 Å². The van der Waals surface area contributed by atoms with Crippen molar-refractivity contribution in [2.75, 3.05) is 6.54 Å². The van der Waals surface area contributed by atoms with Crippen LogP contribution in [0.1, 0.15) is 41.8 Å². The van der Waals surface area contributed by atoms with Crippen molar-refractivity contribution in [3.05, 3.63) is 40.6 Å². The number of hydrogen-bond acceptors (Lipinski definition) is 3. The Balaban J connectivity index is 2.01. The van der Waals surface area contributed by atoms with Gasteiger partial charge in [-0.3, -0.25) is 4.68 Å². The van der Waals surface area contributed by atoms with E-state index < -0.39 is 0 Å². The van der Waals surface area contributed by atoms with Gasteiger partial charge in [0.25, 0.3) is 0 Å². The van der Waals surface area contributed by atoms with Crippen molar-refractivity contribution in [3.63, 3.8) is 0 Å². The lowest BCUT2D eigenvalue weighted by atomic mass is 10.2. The summed E-state index contributed by atoms with van der Waals surface area (Å²) in [6, 6.07) is 4.07. The molecule has 0 radical (unpaired) electrons. The molecule has 0 aliphatic rings. The quantitative estimate of drug-likeness (QED) is 0.813. The third-order valence-electron chi connectivity index (χ3n) is 3.49. The zero-order valence-electron chi connectivity index (χ0n) is 12.3. The predicted molar refractivity (Wildman–Crippen MR) is 76.2 cm³/mol. The molecule has 0 bridgehead atoms. The minimum absolute atomic E-state index is 0.703. The normalized spacial score (nSPS) is 11.2. The summed E-state index contributed by atoms with van der Waals surface area (Å²) in [5, 5.41) is 7.87. The van der Waals surface area contributed by atoms with Gasteiger partial charge < -0.3 is 9.73 Å². The predicted octanol–water partition coefficient (Wildman–Crippen LogP) is 2.95. The molecule has 19 heavy (non-hydrogen) atoms. The molecular weight excluding hydrogens is 238 g/mol. The van der Waals surface area contributed by atoms with E-state index in [1.165, 1.54) is 11.3 Å². The molecule has 2 heterocycles. The fourth-order valence-corrected chi connectivity index (χ4v) is 2.08. The highest BCUT2D eigenvalue weighted by molar-refractivity contribution is 5.23. The molecule has 104 valence electrons. The van der Waals surface area contributed by atoms with Crippen LogP contribution in [-0.2, 0) is 13.1 Å². The second-order valence-electron chi connectivity index (χ2n) is 5.00. The molecule has 0 unspecified atom stereocenters. The molecule has 0 saturated heterocycles. The van der Waals surface area contributed by atoms with Crippen molar-refractivity contribution in [2.45, 2.75) is 47.2 Å². The maximum absolute atomic E-state index is 5.81. The molecular formula is C15H23N3O. The first kappa shape index (κ1) is 13.9. The highest BCUT2D eigenvalue weighted by Crippen LogP contribution is 2.14. The third kappa shape index (κ3) is 3.26. The number of nitrogens with zero attached hydrogens (tertiary/aromatic N) is 2. The molecule has 0 fully saturated rings. The van der Waals surface area contributed by atoms with Crippen molar-refractivity contribution >= 4 is 0 Å². The minimum atomic E-state index is 0.703. The Hall–Kier alpha value is -1.55. The highest BCUT2D eigenvalue weighted by Gasteiger charge is 2.09. The van der Waals surface area contributed by atoms with Crippen LogP contribution < -0.4 is 5.32 Å². The largest absolute Gasteiger partial charge is 0.463 e. The molecule has 2 aromatic rings. The number of furan rings is 1. The van der Waals surface area contributed by atoms with Crippen LogP contribution in [0.4, 0.5) is 0 Å². The summed E-state index contributed by atoms with van der Waals surface area (Å²) in [6.07, 6.45) is 1.14. The lowest BCUT2D eigenvalue weighted by Crippen LogP contribution is -2.13. The Labute approximate surface area is 114 Å². The fourth-order valence-electron chi connectivity index (χ4n) is 2.08. The van der Waals surface area contributed by atoms with Gasteiger partial charge in [-0.2, -0.15) is 5.10 Å². The van der Waals surface area contributed by atoms with Gasteiger partial charge in [-0.05, 0) is 51.4 Å². The maximum atomic E-state index is 5.81. The van der Waals surface area contributed by atoms with Crippen LogP contribution >= 0.6 is 0 Å². The average Bonchev–Trinajstić information content (AvgIpc) is 2.92. The van der Waals surface area contributed by atoms with Crippen LogP contribution in [0.5, 0.6) is 0 Å². The summed E-state index contributed by atoms with van der Waals surface area (Å²) in [7, 11) is 0. The van der Waals surface area contributed by atoms with E-state index in [9.17, 15) is 0 Å². The smallest absolute Gasteiger partial charge is 0.125 e. The Bertz CT molecular complexity index is 540. The Morgan fingerprint density at radius 1 is 1.21 bits per heavy atom. The first-order valence-electron chi connectivity index (χ1n) is 6.90. The average molecular weight is 261 g/mol. The SMILES string of the molecule is CCCNCc1ccc(Cn2nc(C)c(C)c2C)o1. The van der Waals surface area contributed by atoms with Crippen molar-refractivity contribution in [1.29, 1.82) is 0 Å². The summed E-state index contributed by atoms with van der Waals surface area (Å²) in [4.78, 5) is 0. The Morgan fingerprint density at radius 3 is 2.58 bits per heavy atom. The third-order valence-corrected chi connectivity index (χ3v) is 3.49. The van der Waals surface area contributed by atoms with Crippen molar-refractivity contribution < 1.29 is 4.42 Å². The molecule has 0 aromatic carbocycles. The fraction of sp³-hybridized carbons (Fsp3) is 0.533. The van der Waals surface area contributed by atoms with Crippen LogP contribution in [0.25, 0.3) is 0 Å². The molecule has 2 aromatic heterocycles. The van der Waals surface area contributed by atoms with Gasteiger partial charge in [-0.15, -0.1) is 0 Å². The molecule has 2 rings (SSSR count). The van der Waals surface area contributed by atoms with E-state index in [2.05, 4.69) is 31.2 Å². The van der Waals surface area contributed by atoms with Crippen LogP contribution in [0.3, 0.4) is 0 Å². The molecule has 0 aliphatic carbocycles. The van der Waals surface area contributed by atoms with Gasteiger partial charge in [0.2, 0.25) is 0 Å². The molecule has 0 aliphatic heterocycles. The van der Waals surface area contributed by atoms with Gasteiger partial charge in [-0.25, -0.2) is 0 Å². The van der Waals surface area contributed by atoms with E-state index in [-0.39, 0.29) is 0 Å². The summed E-state index contributed by atoms with van der Waals surface area (Å²) in [5.41, 5.74) is 3.56. The molecule has 1 N–H and O–H groups in total. The van der Waals surface area contributed by atoms with Gasteiger partial charge in [0.05, 0.1) is 18.8 Å². The summed E-state index contributed by atoms with van der Waals surface area (Å²) >= 11 is 0. The summed E-state index contributed by atoms with van der Waals surface area (Å²) < 4.78 is 7.82. The van der Waals surface area contributed by atoms with E-state index in [1.807, 2.05) is 23.7 Å². The van der Waals surface area contributed by atoms with E-state index in [0.717, 1.165) is 36.7 Å². The standard InChI is InChI=1S/C15H23N3O/c1-5-8-16-9-14-6-7-15(19-14)10-18-13(4)11(2)12(3)17-18/h6-7,16H,5,8-10H2,1-4H3. The topological polar surface area (TPSA) is 43.0 Å². The lowest BCUT2D eigenvalue weighted by Gasteiger charge is -2.02. The van der Waals surface area contributed by atoms with E-state index in [4.69, 9.17) is 4.42 Å². The van der Waals surface area contributed by atoms with E-state index in [1.54, 1.807) is 0 Å². The maximum Gasteiger partial charge on any atom is 0.125 e. The first-order valence-corrected chi connectivity index (χ1v) is 6.90. The highest BCUT2D eigenvalue weighted by atomic mass is 16.3. The molecule has 4 nitrogen and oxygen atoms in total. The van der Waals surface area contributed by atoms with Crippen LogP contribution in [0.2, 0.25) is 0 Å². The molecule has 4 heteroatoms. The number of rotatable bonds is 6. The number of aromatic nitrogens is 2. The van der Waals surface area contributed by atoms with Crippen LogP contribution in [-0.4, -0.2) is 16.3 Å². The van der Waals surface area contributed by atoms with Crippen LogP contribution in [0.15, 0.2) is 16.5 Å². The van der Waals surface area contributed by atoms with Gasteiger partial charge >= 0.3 is 0 Å². The molecule has 0 saturated carbocycles. The second-order valence-corrected chi connectivity index (χ2v) is 5.00. The summed E-state index contributed by atoms with van der Waals surface area (Å²) in [5.74, 6) is 1.95. The number of hydrogen-bond donors (Lipinski definition) is 1. The molecule has 0 atom stereocenters.